The smallest absolute Gasteiger partial charge is 0.338 e. The third-order valence-electron chi connectivity index (χ3n) is 4.65. The molecule has 0 amide bonds. The first kappa shape index (κ1) is 19.8. The molecule has 2 aliphatic heterocycles. The van der Waals surface area contributed by atoms with Crippen molar-refractivity contribution in [1.82, 2.24) is 4.90 Å². The Morgan fingerprint density at radius 2 is 1.79 bits per heavy atom. The number of nitrogens with two attached hydrogens (primary N) is 1. The van der Waals surface area contributed by atoms with Crippen molar-refractivity contribution in [2.75, 3.05) is 20.8 Å². The first-order chi connectivity index (χ1) is 14.0. The number of methoxy groups -OCH3 is 2. The van der Waals surface area contributed by atoms with Crippen LogP contribution in [0.4, 0.5) is 0 Å². The van der Waals surface area contributed by atoms with Crippen LogP contribution in [0.2, 0.25) is 0 Å². The molecule has 1 atom stereocenters. The summed E-state index contributed by atoms with van der Waals surface area (Å²) in [4.78, 5) is 30.3. The topological polar surface area (TPSA) is 81.9 Å². The van der Waals surface area contributed by atoms with Gasteiger partial charge >= 0.3 is 11.9 Å². The van der Waals surface area contributed by atoms with Crippen molar-refractivity contribution in [3.8, 4) is 0 Å². The molecule has 2 aromatic rings. The van der Waals surface area contributed by atoms with Crippen molar-refractivity contribution < 1.29 is 19.1 Å². The van der Waals surface area contributed by atoms with Crippen LogP contribution in [0, 0.1) is 0 Å². The van der Waals surface area contributed by atoms with Crippen LogP contribution in [0.25, 0.3) is 6.08 Å². The monoisotopic (exact) mass is 446 g/mol. The van der Waals surface area contributed by atoms with E-state index in [4.69, 9.17) is 15.2 Å². The van der Waals surface area contributed by atoms with Crippen LogP contribution in [-0.4, -0.2) is 37.6 Å². The molecule has 2 aromatic heterocycles. The van der Waals surface area contributed by atoms with Gasteiger partial charge in [0.15, 0.2) is 0 Å². The fraction of sp³-hybridized carbons (Fsp3) is 0.200. The number of hydrogen-bond acceptors (Lipinski definition) is 9. The second kappa shape index (κ2) is 8.10. The largest absolute Gasteiger partial charge is 0.466 e. The predicted octanol–water partition coefficient (Wildman–Crippen LogP) is 3.72. The minimum Gasteiger partial charge on any atom is -0.466 e. The van der Waals surface area contributed by atoms with Gasteiger partial charge in [-0.3, -0.25) is 0 Å². The average molecular weight is 447 g/mol. The van der Waals surface area contributed by atoms with Crippen molar-refractivity contribution in [2.45, 2.75) is 5.92 Å². The fourth-order valence-electron chi connectivity index (χ4n) is 3.39. The maximum absolute atomic E-state index is 12.9. The maximum Gasteiger partial charge on any atom is 0.338 e. The fourth-order valence-corrected chi connectivity index (χ4v) is 6.20. The van der Waals surface area contributed by atoms with E-state index in [-0.39, 0.29) is 5.57 Å². The highest BCUT2D eigenvalue weighted by atomic mass is 32.2. The van der Waals surface area contributed by atoms with Gasteiger partial charge in [-0.05, 0) is 29.0 Å². The zero-order chi connectivity index (χ0) is 20.5. The third kappa shape index (κ3) is 3.50. The van der Waals surface area contributed by atoms with Crippen molar-refractivity contribution in [2.24, 2.45) is 5.73 Å². The molecule has 0 aliphatic carbocycles. The Labute approximate surface area is 180 Å². The molecule has 0 aromatic carbocycles. The number of thioether (sulfide) groups is 1. The maximum atomic E-state index is 12.9. The molecule has 9 heteroatoms. The van der Waals surface area contributed by atoms with Gasteiger partial charge in [-0.2, -0.15) is 0 Å². The molecular weight excluding hydrogens is 428 g/mol. The van der Waals surface area contributed by atoms with Crippen LogP contribution in [0.15, 0.2) is 61.9 Å². The summed E-state index contributed by atoms with van der Waals surface area (Å²) in [6.45, 7) is 0.474. The van der Waals surface area contributed by atoms with Crippen LogP contribution in [-0.2, 0) is 19.1 Å². The number of ether oxygens (including phenoxy) is 2. The predicted molar refractivity (Wildman–Crippen MR) is 116 cm³/mol. The number of nitrogens with zero attached hydrogens (tertiary/aromatic N) is 1. The number of fused-ring (bicyclic) bond motifs is 1. The van der Waals surface area contributed by atoms with Gasteiger partial charge in [0.2, 0.25) is 0 Å². The highest BCUT2D eigenvalue weighted by Crippen LogP contribution is 2.51. The number of carbonyl (C=O) groups is 2. The SMILES string of the molecule is COC(=O)C1=C(N)N2CC(=Cc3cccs3)SC2=C(C(=O)OC)C1c1cccs1. The molecule has 0 radical (unpaired) electrons. The van der Waals surface area contributed by atoms with Gasteiger partial charge in [0.05, 0.1) is 42.9 Å². The van der Waals surface area contributed by atoms with E-state index < -0.39 is 17.9 Å². The quantitative estimate of drug-likeness (QED) is 0.717. The van der Waals surface area contributed by atoms with Crippen molar-refractivity contribution in [3.63, 3.8) is 0 Å². The summed E-state index contributed by atoms with van der Waals surface area (Å²) < 4.78 is 10.1. The number of thiophene rings is 2. The number of rotatable bonds is 4. The summed E-state index contributed by atoms with van der Waals surface area (Å²) in [7, 11) is 2.65. The first-order valence-corrected chi connectivity index (χ1v) is 11.3. The van der Waals surface area contributed by atoms with Gasteiger partial charge in [0.1, 0.15) is 5.82 Å². The van der Waals surface area contributed by atoms with Crippen molar-refractivity contribution in [3.05, 3.63) is 71.7 Å². The number of carbonyl (C=O) groups excluding carboxylic acids is 2. The number of esters is 2. The molecule has 4 heterocycles. The van der Waals surface area contributed by atoms with Crippen LogP contribution < -0.4 is 5.73 Å². The van der Waals surface area contributed by atoms with Crippen LogP contribution in [0.5, 0.6) is 0 Å². The second-order valence-corrected chi connectivity index (χ2v) is 9.34. The molecule has 2 N–H and O–H groups in total. The van der Waals surface area contributed by atoms with Gasteiger partial charge in [0, 0.05) is 14.7 Å². The van der Waals surface area contributed by atoms with Gasteiger partial charge in [-0.25, -0.2) is 9.59 Å². The zero-order valence-corrected chi connectivity index (χ0v) is 18.2. The van der Waals surface area contributed by atoms with E-state index >= 15 is 0 Å². The standard InChI is InChI=1S/C20H18N2O4S3/c1-25-19(23)15-14(13-6-4-8-28-13)16(20(24)26-2)18-22(17(15)21)10-12(29-18)9-11-5-3-7-27-11/h3-9,14H,10,21H2,1-2H3. The molecule has 0 spiro atoms. The van der Waals surface area contributed by atoms with Crippen LogP contribution in [0.1, 0.15) is 15.7 Å². The second-order valence-electron chi connectivity index (χ2n) is 6.26. The van der Waals surface area contributed by atoms with E-state index in [1.807, 2.05) is 35.0 Å². The first-order valence-electron chi connectivity index (χ1n) is 8.68. The molecule has 4 rings (SSSR count). The Morgan fingerprint density at radius 3 is 2.41 bits per heavy atom. The molecule has 1 saturated heterocycles. The molecule has 6 nitrogen and oxygen atoms in total. The Bertz CT molecular complexity index is 1040. The van der Waals surface area contributed by atoms with Crippen molar-refractivity contribution in [1.29, 1.82) is 0 Å². The lowest BCUT2D eigenvalue weighted by atomic mass is 9.87. The van der Waals surface area contributed by atoms with E-state index in [1.54, 1.807) is 16.2 Å². The Kier molecular flexibility index (Phi) is 5.53. The molecule has 1 fully saturated rings. The summed E-state index contributed by atoms with van der Waals surface area (Å²) in [5.41, 5.74) is 7.13. The van der Waals surface area contributed by atoms with Gasteiger partial charge in [0.25, 0.3) is 0 Å². The van der Waals surface area contributed by atoms with Gasteiger partial charge in [-0.15, -0.1) is 22.7 Å². The lowest BCUT2D eigenvalue weighted by Crippen LogP contribution is -2.36. The Balaban J connectivity index is 1.89. The molecule has 0 saturated carbocycles. The highest BCUT2D eigenvalue weighted by molar-refractivity contribution is 8.07. The summed E-state index contributed by atoms with van der Waals surface area (Å²) in [6.07, 6.45) is 2.07. The van der Waals surface area contributed by atoms with E-state index in [1.165, 1.54) is 37.3 Å². The minimum absolute atomic E-state index is 0.261. The van der Waals surface area contributed by atoms with E-state index in [9.17, 15) is 9.59 Å². The summed E-state index contributed by atoms with van der Waals surface area (Å²) in [5, 5.41) is 4.61. The Morgan fingerprint density at radius 1 is 1.10 bits per heavy atom. The highest BCUT2D eigenvalue weighted by Gasteiger charge is 2.45. The van der Waals surface area contributed by atoms with Gasteiger partial charge in [-0.1, -0.05) is 23.9 Å². The van der Waals surface area contributed by atoms with Crippen LogP contribution in [0.3, 0.4) is 0 Å². The average Bonchev–Trinajstić information content (AvgIpc) is 3.48. The zero-order valence-electron chi connectivity index (χ0n) is 15.7. The van der Waals surface area contributed by atoms with E-state index in [2.05, 4.69) is 6.08 Å². The minimum atomic E-state index is -0.630. The lowest BCUT2D eigenvalue weighted by molar-refractivity contribution is -0.137. The van der Waals surface area contributed by atoms with Crippen LogP contribution >= 0.6 is 34.4 Å². The summed E-state index contributed by atoms with van der Waals surface area (Å²) in [6, 6.07) is 7.77. The molecular formula is C20H18N2O4S3. The molecule has 2 aliphatic rings. The van der Waals surface area contributed by atoms with E-state index in [0.717, 1.165) is 14.7 Å². The third-order valence-corrected chi connectivity index (χ3v) is 7.55. The Hall–Kier alpha value is -2.49. The summed E-state index contributed by atoms with van der Waals surface area (Å²) >= 11 is 4.57. The van der Waals surface area contributed by atoms with Crippen molar-refractivity contribution >= 4 is 52.5 Å². The summed E-state index contributed by atoms with van der Waals surface area (Å²) in [5.74, 6) is -1.36. The van der Waals surface area contributed by atoms with Gasteiger partial charge < -0.3 is 20.1 Å². The normalized spacial score (nSPS) is 20.3. The number of hydrogen-bond donors (Lipinski definition) is 1. The van der Waals surface area contributed by atoms with E-state index in [0.29, 0.717) is 23.0 Å². The molecule has 150 valence electrons. The molecule has 0 bridgehead atoms. The lowest BCUT2D eigenvalue weighted by Gasteiger charge is -2.33. The molecule has 1 unspecified atom stereocenters. The molecule has 29 heavy (non-hydrogen) atoms.